The second-order valence-corrected chi connectivity index (χ2v) is 8.14. The highest BCUT2D eigenvalue weighted by Gasteiger charge is 2.12. The van der Waals surface area contributed by atoms with E-state index in [9.17, 15) is 8.42 Å². The summed E-state index contributed by atoms with van der Waals surface area (Å²) < 4.78 is 29.8. The van der Waals surface area contributed by atoms with Crippen molar-refractivity contribution in [2.45, 2.75) is 4.90 Å². The fourth-order valence-corrected chi connectivity index (χ4v) is 3.54. The maximum atomic E-state index is 12.2. The summed E-state index contributed by atoms with van der Waals surface area (Å²) in [7, 11) is -3.51. The van der Waals surface area contributed by atoms with Gasteiger partial charge in [-0.25, -0.2) is 23.1 Å². The number of anilines is 1. The van der Waals surface area contributed by atoms with Crippen LogP contribution in [0.15, 0.2) is 66.1 Å². The molecule has 7 nitrogen and oxygen atoms in total. The van der Waals surface area contributed by atoms with Crippen molar-refractivity contribution in [1.82, 2.24) is 19.3 Å². The molecule has 3 aromatic rings. The molecule has 0 unspecified atom stereocenters. The highest BCUT2D eigenvalue weighted by Crippen LogP contribution is 2.12. The van der Waals surface area contributed by atoms with E-state index in [-0.39, 0.29) is 11.4 Å². The van der Waals surface area contributed by atoms with Crippen LogP contribution in [0.2, 0.25) is 0 Å². The maximum absolute atomic E-state index is 12.2. The van der Waals surface area contributed by atoms with Crippen LogP contribution in [0.4, 0.5) is 5.82 Å². The topological polar surface area (TPSA) is 88.9 Å². The molecule has 0 spiro atoms. The molecule has 0 saturated carbocycles. The van der Waals surface area contributed by atoms with Crippen molar-refractivity contribution in [1.29, 1.82) is 0 Å². The fourth-order valence-electron chi connectivity index (χ4n) is 2.15. The normalized spacial score (nSPS) is 11.4. The fraction of sp³-hybridized carbons (Fsp3) is 0.125. The number of hydrogen-bond acceptors (Lipinski definition) is 5. The molecule has 2 aromatic heterocycles. The van der Waals surface area contributed by atoms with Gasteiger partial charge in [-0.1, -0.05) is 0 Å². The average molecular weight is 469 g/mol. The second-order valence-electron chi connectivity index (χ2n) is 5.13. The Morgan fingerprint density at radius 1 is 1.04 bits per heavy atom. The standard InChI is InChI=1S/C16H16IN5O2S/c17-13-3-5-14(6-4-13)25(23,24)21-8-7-18-15-11-16(20-12-19-15)22-9-1-2-10-22/h1-6,9-12,21H,7-8H2,(H,18,19,20). The minimum absolute atomic E-state index is 0.247. The van der Waals surface area contributed by atoms with Crippen molar-refractivity contribution in [2.24, 2.45) is 0 Å². The minimum Gasteiger partial charge on any atom is -0.369 e. The Morgan fingerprint density at radius 3 is 2.48 bits per heavy atom. The van der Waals surface area contributed by atoms with Gasteiger partial charge >= 0.3 is 0 Å². The van der Waals surface area contributed by atoms with Gasteiger partial charge in [0.05, 0.1) is 4.90 Å². The SMILES string of the molecule is O=S(=O)(NCCNc1cc(-n2cccc2)ncn1)c1ccc(I)cc1. The van der Waals surface area contributed by atoms with Crippen LogP contribution in [0.25, 0.3) is 5.82 Å². The molecule has 0 aliphatic heterocycles. The van der Waals surface area contributed by atoms with Crippen LogP contribution >= 0.6 is 22.6 Å². The summed E-state index contributed by atoms with van der Waals surface area (Å²) in [5.74, 6) is 1.37. The summed E-state index contributed by atoms with van der Waals surface area (Å²) in [6.45, 7) is 0.656. The Balaban J connectivity index is 1.55. The quantitative estimate of drug-likeness (QED) is 0.410. The first-order valence-corrected chi connectivity index (χ1v) is 10.1. The van der Waals surface area contributed by atoms with Crippen LogP contribution in [-0.4, -0.2) is 36.0 Å². The number of sulfonamides is 1. The predicted molar refractivity (Wildman–Crippen MR) is 104 cm³/mol. The first-order chi connectivity index (χ1) is 12.0. The first-order valence-electron chi connectivity index (χ1n) is 7.49. The van der Waals surface area contributed by atoms with E-state index in [1.165, 1.54) is 6.33 Å². The van der Waals surface area contributed by atoms with Gasteiger partial charge in [0, 0.05) is 35.1 Å². The molecule has 0 aliphatic carbocycles. The molecule has 3 rings (SSSR count). The van der Waals surface area contributed by atoms with E-state index in [0.29, 0.717) is 12.4 Å². The van der Waals surface area contributed by atoms with Crippen LogP contribution in [0.1, 0.15) is 0 Å². The predicted octanol–water partition coefficient (Wildman–Crippen LogP) is 2.26. The summed E-state index contributed by atoms with van der Waals surface area (Å²) in [5.41, 5.74) is 0. The van der Waals surface area contributed by atoms with E-state index < -0.39 is 10.0 Å². The summed E-state index contributed by atoms with van der Waals surface area (Å²) >= 11 is 2.13. The van der Waals surface area contributed by atoms with Gasteiger partial charge in [-0.3, -0.25) is 0 Å². The van der Waals surface area contributed by atoms with E-state index in [2.05, 4.69) is 42.6 Å². The van der Waals surface area contributed by atoms with Gasteiger partial charge in [-0.2, -0.15) is 0 Å². The van der Waals surface area contributed by atoms with Crippen LogP contribution in [0, 0.1) is 3.57 Å². The molecule has 130 valence electrons. The van der Waals surface area contributed by atoms with Gasteiger partial charge in [0.15, 0.2) is 0 Å². The van der Waals surface area contributed by atoms with Crippen molar-refractivity contribution in [3.05, 3.63) is 64.8 Å². The third kappa shape index (κ3) is 4.77. The lowest BCUT2D eigenvalue weighted by atomic mass is 10.4. The van der Waals surface area contributed by atoms with Crippen molar-refractivity contribution >= 4 is 38.4 Å². The maximum Gasteiger partial charge on any atom is 0.240 e. The molecule has 0 bridgehead atoms. The van der Waals surface area contributed by atoms with E-state index in [4.69, 9.17) is 0 Å². The Kier molecular flexibility index (Phi) is 5.66. The Labute approximate surface area is 159 Å². The summed E-state index contributed by atoms with van der Waals surface area (Å²) in [6.07, 6.45) is 5.25. The lowest BCUT2D eigenvalue weighted by Gasteiger charge is -2.09. The zero-order valence-corrected chi connectivity index (χ0v) is 16.1. The molecule has 0 saturated heterocycles. The third-order valence-corrected chi connectivity index (χ3v) is 5.56. The summed E-state index contributed by atoms with van der Waals surface area (Å²) in [4.78, 5) is 8.59. The molecule has 9 heteroatoms. The van der Waals surface area contributed by atoms with E-state index in [0.717, 1.165) is 9.39 Å². The third-order valence-electron chi connectivity index (χ3n) is 3.37. The number of nitrogens with zero attached hydrogens (tertiary/aromatic N) is 3. The Hall–Kier alpha value is -1.98. The smallest absolute Gasteiger partial charge is 0.240 e. The molecule has 2 heterocycles. The van der Waals surface area contributed by atoms with Crippen molar-refractivity contribution < 1.29 is 8.42 Å². The van der Waals surface area contributed by atoms with E-state index in [1.54, 1.807) is 30.3 Å². The molecule has 0 aliphatic rings. The second kappa shape index (κ2) is 7.93. The number of halogens is 1. The molecule has 0 fully saturated rings. The summed E-state index contributed by atoms with van der Waals surface area (Å²) in [5, 5.41) is 3.09. The minimum atomic E-state index is -3.51. The zero-order chi connectivity index (χ0) is 17.7. The molecule has 1 aromatic carbocycles. The van der Waals surface area contributed by atoms with Crippen LogP contribution < -0.4 is 10.0 Å². The van der Waals surface area contributed by atoms with Gasteiger partial charge in [-0.15, -0.1) is 0 Å². The number of rotatable bonds is 7. The number of benzene rings is 1. The van der Waals surface area contributed by atoms with Gasteiger partial charge in [0.2, 0.25) is 10.0 Å². The Bertz CT molecular complexity index is 927. The number of hydrogen-bond donors (Lipinski definition) is 2. The highest BCUT2D eigenvalue weighted by molar-refractivity contribution is 14.1. The molecule has 2 N–H and O–H groups in total. The van der Waals surface area contributed by atoms with Gasteiger partial charge in [0.1, 0.15) is 18.0 Å². The largest absolute Gasteiger partial charge is 0.369 e. The molecule has 0 amide bonds. The lowest BCUT2D eigenvalue weighted by molar-refractivity contribution is 0.583. The van der Waals surface area contributed by atoms with Gasteiger partial charge < -0.3 is 9.88 Å². The molecule has 0 atom stereocenters. The van der Waals surface area contributed by atoms with Gasteiger partial charge in [-0.05, 0) is 59.0 Å². The first kappa shape index (κ1) is 17.8. The van der Waals surface area contributed by atoms with Gasteiger partial charge in [0.25, 0.3) is 0 Å². The van der Waals surface area contributed by atoms with Crippen LogP contribution in [-0.2, 0) is 10.0 Å². The number of nitrogens with one attached hydrogen (secondary N) is 2. The Morgan fingerprint density at radius 2 is 1.76 bits per heavy atom. The molecule has 0 radical (unpaired) electrons. The summed E-state index contributed by atoms with van der Waals surface area (Å²) in [6, 6.07) is 12.3. The highest BCUT2D eigenvalue weighted by atomic mass is 127. The molecular formula is C16H16IN5O2S. The average Bonchev–Trinajstić information content (AvgIpc) is 3.14. The van der Waals surface area contributed by atoms with E-state index >= 15 is 0 Å². The van der Waals surface area contributed by atoms with E-state index in [1.807, 2.05) is 29.1 Å². The van der Waals surface area contributed by atoms with Crippen LogP contribution in [0.3, 0.4) is 0 Å². The van der Waals surface area contributed by atoms with Crippen molar-refractivity contribution in [3.63, 3.8) is 0 Å². The van der Waals surface area contributed by atoms with Crippen molar-refractivity contribution in [3.8, 4) is 5.82 Å². The molecule has 25 heavy (non-hydrogen) atoms. The molecular weight excluding hydrogens is 453 g/mol. The number of aromatic nitrogens is 3. The lowest BCUT2D eigenvalue weighted by Crippen LogP contribution is -2.29. The monoisotopic (exact) mass is 469 g/mol. The van der Waals surface area contributed by atoms with Crippen LogP contribution in [0.5, 0.6) is 0 Å². The zero-order valence-electron chi connectivity index (χ0n) is 13.1. The van der Waals surface area contributed by atoms with Crippen molar-refractivity contribution in [2.75, 3.05) is 18.4 Å².